The van der Waals surface area contributed by atoms with Gasteiger partial charge in [-0.25, -0.2) is 0 Å². The summed E-state index contributed by atoms with van der Waals surface area (Å²) >= 11 is 0. The van der Waals surface area contributed by atoms with Crippen LogP contribution in [-0.2, 0) is 14.3 Å². The summed E-state index contributed by atoms with van der Waals surface area (Å²) in [7, 11) is 0. The van der Waals surface area contributed by atoms with E-state index in [1.165, 1.54) is 257 Å². The van der Waals surface area contributed by atoms with Crippen molar-refractivity contribution >= 4 is 11.9 Å². The summed E-state index contributed by atoms with van der Waals surface area (Å²) in [5.74, 6) is -0.0426. The fourth-order valence-electron chi connectivity index (χ4n) is 9.73. The van der Waals surface area contributed by atoms with E-state index in [-0.39, 0.29) is 18.5 Å². The van der Waals surface area contributed by atoms with E-state index in [0.717, 1.165) is 51.4 Å². The Hall–Kier alpha value is -1.66. The number of carbonyl (C=O) groups excluding carboxylic acids is 2. The van der Waals surface area contributed by atoms with E-state index in [9.17, 15) is 19.8 Å². The van der Waals surface area contributed by atoms with Crippen LogP contribution in [0.1, 0.15) is 341 Å². The van der Waals surface area contributed by atoms with Crippen LogP contribution in [0.25, 0.3) is 0 Å². The van der Waals surface area contributed by atoms with Gasteiger partial charge in [-0.15, -0.1) is 0 Å². The van der Waals surface area contributed by atoms with Crippen molar-refractivity contribution < 1.29 is 24.5 Å². The molecular weight excluding hydrogens is 851 g/mol. The van der Waals surface area contributed by atoms with Crippen molar-refractivity contribution in [2.75, 3.05) is 13.2 Å². The molecule has 0 spiro atoms. The van der Waals surface area contributed by atoms with Gasteiger partial charge >= 0.3 is 5.97 Å². The average molecular weight is 973 g/mol. The topological polar surface area (TPSA) is 95.9 Å². The minimum absolute atomic E-state index is 0.00339. The van der Waals surface area contributed by atoms with Gasteiger partial charge in [-0.3, -0.25) is 9.59 Å². The summed E-state index contributed by atoms with van der Waals surface area (Å²) in [5, 5.41) is 23.3. The first-order chi connectivity index (χ1) is 34.0. The number of allylic oxidation sites excluding steroid dienone is 4. The van der Waals surface area contributed by atoms with Gasteiger partial charge < -0.3 is 20.3 Å². The molecule has 408 valence electrons. The fraction of sp³-hybridized carbons (Fsp3) is 0.905. The van der Waals surface area contributed by atoms with Crippen LogP contribution in [0.3, 0.4) is 0 Å². The molecular formula is C63H121NO5. The number of aliphatic hydroxyl groups excluding tert-OH is 2. The standard InChI is InChI=1S/C63H121NO5/c1-3-5-7-9-11-13-15-17-19-21-23-27-31-35-39-43-47-51-55-61(66)60(59-65)64-62(67)56-52-48-44-40-36-32-28-25-26-30-34-38-42-46-50-54-58-69-63(68)57-53-49-45-41-37-33-29-24-22-20-18-16-14-12-10-8-6-4-2/h14,16,20,22,60-61,65-66H,3-13,15,17-19,21,23-59H2,1-2H3,(H,64,67)/b16-14-,22-20-. The monoisotopic (exact) mass is 972 g/mol. The van der Waals surface area contributed by atoms with Crippen LogP contribution in [0.5, 0.6) is 0 Å². The zero-order valence-corrected chi connectivity index (χ0v) is 46.6. The molecule has 0 radical (unpaired) electrons. The number of rotatable bonds is 58. The van der Waals surface area contributed by atoms with Gasteiger partial charge in [-0.05, 0) is 57.8 Å². The first-order valence-corrected chi connectivity index (χ1v) is 31.1. The zero-order chi connectivity index (χ0) is 50.0. The molecule has 2 atom stereocenters. The number of unbranched alkanes of at least 4 members (excludes halogenated alkanes) is 43. The van der Waals surface area contributed by atoms with E-state index in [1.54, 1.807) is 0 Å². The second-order valence-corrected chi connectivity index (χ2v) is 21.4. The molecule has 0 rings (SSSR count). The van der Waals surface area contributed by atoms with Crippen molar-refractivity contribution in [1.29, 1.82) is 0 Å². The predicted octanol–water partition coefficient (Wildman–Crippen LogP) is 19.4. The van der Waals surface area contributed by atoms with Gasteiger partial charge in [-0.1, -0.05) is 295 Å². The van der Waals surface area contributed by atoms with Gasteiger partial charge in [0.05, 0.1) is 25.4 Å². The van der Waals surface area contributed by atoms with E-state index in [4.69, 9.17) is 4.74 Å². The van der Waals surface area contributed by atoms with E-state index in [1.807, 2.05) is 0 Å². The Morgan fingerprint density at radius 1 is 0.406 bits per heavy atom. The highest BCUT2D eigenvalue weighted by atomic mass is 16.5. The maximum atomic E-state index is 12.5. The van der Waals surface area contributed by atoms with Gasteiger partial charge in [-0.2, -0.15) is 0 Å². The Bertz CT molecular complexity index is 1080. The Kier molecular flexibility index (Phi) is 57.5. The summed E-state index contributed by atoms with van der Waals surface area (Å²) in [6.07, 6.45) is 71.7. The normalized spacial score (nSPS) is 12.7. The number of esters is 1. The van der Waals surface area contributed by atoms with Crippen LogP contribution in [0, 0.1) is 0 Å². The third-order valence-corrected chi connectivity index (χ3v) is 14.5. The van der Waals surface area contributed by atoms with Gasteiger partial charge in [0, 0.05) is 12.8 Å². The maximum Gasteiger partial charge on any atom is 0.305 e. The highest BCUT2D eigenvalue weighted by molar-refractivity contribution is 5.76. The molecule has 6 nitrogen and oxygen atoms in total. The second kappa shape index (κ2) is 58.9. The van der Waals surface area contributed by atoms with Crippen LogP contribution in [0.2, 0.25) is 0 Å². The van der Waals surface area contributed by atoms with E-state index in [0.29, 0.717) is 25.9 Å². The molecule has 0 saturated heterocycles. The molecule has 69 heavy (non-hydrogen) atoms. The van der Waals surface area contributed by atoms with E-state index >= 15 is 0 Å². The molecule has 1 amide bonds. The summed E-state index contributed by atoms with van der Waals surface area (Å²) < 4.78 is 5.49. The number of ether oxygens (including phenoxy) is 1. The number of aliphatic hydroxyl groups is 2. The minimum Gasteiger partial charge on any atom is -0.466 e. The largest absolute Gasteiger partial charge is 0.466 e. The van der Waals surface area contributed by atoms with Crippen LogP contribution < -0.4 is 5.32 Å². The predicted molar refractivity (Wildman–Crippen MR) is 301 cm³/mol. The summed E-state index contributed by atoms with van der Waals surface area (Å²) in [6, 6.07) is -0.547. The quantitative estimate of drug-likeness (QED) is 0.0321. The summed E-state index contributed by atoms with van der Waals surface area (Å²) in [5.41, 5.74) is 0. The van der Waals surface area contributed by atoms with Gasteiger partial charge in [0.25, 0.3) is 0 Å². The highest BCUT2D eigenvalue weighted by Crippen LogP contribution is 2.18. The molecule has 0 fully saturated rings. The van der Waals surface area contributed by atoms with Gasteiger partial charge in [0.2, 0.25) is 5.91 Å². The molecule has 0 aromatic carbocycles. The maximum absolute atomic E-state index is 12.5. The lowest BCUT2D eigenvalue weighted by Gasteiger charge is -2.22. The third kappa shape index (κ3) is 55.5. The SMILES string of the molecule is CCCCCC/C=C\C/C=C\CCCCCCCCCC(=O)OCCCCCCCCCCCCCCCCCCC(=O)NC(CO)C(O)CCCCCCCCCCCCCCCCCCCC. The Labute approximate surface area is 431 Å². The lowest BCUT2D eigenvalue weighted by atomic mass is 10.0. The molecule has 0 aromatic rings. The van der Waals surface area contributed by atoms with Crippen molar-refractivity contribution in [2.24, 2.45) is 0 Å². The smallest absolute Gasteiger partial charge is 0.305 e. The Morgan fingerprint density at radius 2 is 0.725 bits per heavy atom. The summed E-state index contributed by atoms with van der Waals surface area (Å²) in [4.78, 5) is 24.6. The first kappa shape index (κ1) is 67.3. The zero-order valence-electron chi connectivity index (χ0n) is 46.6. The van der Waals surface area contributed by atoms with Crippen LogP contribution >= 0.6 is 0 Å². The van der Waals surface area contributed by atoms with E-state index < -0.39 is 12.1 Å². The van der Waals surface area contributed by atoms with Crippen LogP contribution in [-0.4, -0.2) is 47.4 Å². The van der Waals surface area contributed by atoms with E-state index in [2.05, 4.69) is 43.5 Å². The number of nitrogens with one attached hydrogen (secondary N) is 1. The number of hydrogen-bond donors (Lipinski definition) is 3. The molecule has 0 aromatic heterocycles. The molecule has 0 saturated carbocycles. The van der Waals surface area contributed by atoms with Crippen molar-refractivity contribution in [2.45, 2.75) is 353 Å². The average Bonchev–Trinajstić information content (AvgIpc) is 3.35. The molecule has 0 heterocycles. The Balaban J connectivity index is 3.42. The lowest BCUT2D eigenvalue weighted by molar-refractivity contribution is -0.143. The molecule has 0 aliphatic heterocycles. The molecule has 0 aliphatic carbocycles. The van der Waals surface area contributed by atoms with Crippen LogP contribution in [0.4, 0.5) is 0 Å². The molecule has 0 aliphatic rings. The van der Waals surface area contributed by atoms with Crippen molar-refractivity contribution in [3.05, 3.63) is 24.3 Å². The first-order valence-electron chi connectivity index (χ1n) is 31.1. The fourth-order valence-corrected chi connectivity index (χ4v) is 9.73. The van der Waals surface area contributed by atoms with Crippen LogP contribution in [0.15, 0.2) is 24.3 Å². The lowest BCUT2D eigenvalue weighted by Crippen LogP contribution is -2.45. The molecule has 6 heteroatoms. The Morgan fingerprint density at radius 3 is 1.12 bits per heavy atom. The number of carbonyl (C=O) groups is 2. The minimum atomic E-state index is -0.670. The van der Waals surface area contributed by atoms with Crippen molar-refractivity contribution in [3.8, 4) is 0 Å². The van der Waals surface area contributed by atoms with Crippen molar-refractivity contribution in [3.63, 3.8) is 0 Å². The number of hydrogen-bond acceptors (Lipinski definition) is 5. The summed E-state index contributed by atoms with van der Waals surface area (Å²) in [6.45, 7) is 4.94. The molecule has 3 N–H and O–H groups in total. The third-order valence-electron chi connectivity index (χ3n) is 14.5. The van der Waals surface area contributed by atoms with Gasteiger partial charge in [0.1, 0.15) is 0 Å². The molecule has 0 bridgehead atoms. The van der Waals surface area contributed by atoms with Gasteiger partial charge in [0.15, 0.2) is 0 Å². The molecule has 2 unspecified atom stereocenters. The highest BCUT2D eigenvalue weighted by Gasteiger charge is 2.20. The van der Waals surface area contributed by atoms with Crippen molar-refractivity contribution in [1.82, 2.24) is 5.32 Å². The second-order valence-electron chi connectivity index (χ2n) is 21.4. The number of amides is 1.